The Labute approximate surface area is 263 Å². The highest BCUT2D eigenvalue weighted by Crippen LogP contribution is 2.45. The third-order valence-corrected chi connectivity index (χ3v) is 9.09. The number of carbonyl (C=O) groups excluding carboxylic acids is 1. The Bertz CT molecular complexity index is 1710. The minimum atomic E-state index is -0.650. The van der Waals surface area contributed by atoms with Gasteiger partial charge >= 0.3 is 5.97 Å². The Morgan fingerprint density at radius 2 is 1.76 bits per heavy atom. The molecule has 5 rings (SSSR count). The van der Waals surface area contributed by atoms with E-state index in [1.807, 2.05) is 24.3 Å². The first-order chi connectivity index (χ1) is 20.3. The zero-order valence-electron chi connectivity index (χ0n) is 22.7. The Hall–Kier alpha value is -3.41. The highest BCUT2D eigenvalue weighted by molar-refractivity contribution is 7.21. The Kier molecular flexibility index (Phi) is 9.50. The van der Waals surface area contributed by atoms with Gasteiger partial charge in [0.25, 0.3) is 0 Å². The third kappa shape index (κ3) is 6.33. The number of fused-ring (bicyclic) bond motifs is 2. The average Bonchev–Trinajstić information content (AvgIpc) is 3.30. The van der Waals surface area contributed by atoms with E-state index in [0.29, 0.717) is 43.6 Å². The Morgan fingerprint density at radius 3 is 2.50 bits per heavy atom. The van der Waals surface area contributed by atoms with Crippen LogP contribution in [0.2, 0.25) is 15.1 Å². The number of nitrogens with two attached hydrogens (primary N) is 1. The van der Waals surface area contributed by atoms with Crippen molar-refractivity contribution in [1.29, 1.82) is 5.26 Å². The first kappa shape index (κ1) is 30.1. The van der Waals surface area contributed by atoms with Gasteiger partial charge in [-0.15, -0.1) is 11.3 Å². The molecule has 1 atom stereocenters. The van der Waals surface area contributed by atoms with Crippen molar-refractivity contribution in [2.45, 2.75) is 44.9 Å². The van der Waals surface area contributed by atoms with Crippen molar-refractivity contribution in [3.63, 3.8) is 0 Å². The minimum absolute atomic E-state index is 0.00930. The third-order valence-electron chi connectivity index (χ3n) is 6.97. The Morgan fingerprint density at radius 1 is 1.02 bits per heavy atom. The molecule has 0 saturated heterocycles. The van der Waals surface area contributed by atoms with Gasteiger partial charge in [-0.3, -0.25) is 0 Å². The van der Waals surface area contributed by atoms with E-state index in [1.54, 1.807) is 30.3 Å². The molecular weight excluding hydrogens is 615 g/mol. The summed E-state index contributed by atoms with van der Waals surface area (Å²) in [5.41, 5.74) is 8.04. The van der Waals surface area contributed by atoms with Gasteiger partial charge < -0.3 is 19.9 Å². The maximum Gasteiger partial charge on any atom is 0.355 e. The number of ether oxygens (including phenoxy) is 3. The lowest BCUT2D eigenvalue weighted by Crippen LogP contribution is -2.21. The van der Waals surface area contributed by atoms with Gasteiger partial charge in [-0.25, -0.2) is 4.79 Å². The number of allylic oxidation sites excluding steroid dienone is 1. The maximum atomic E-state index is 13.1. The minimum Gasteiger partial charge on any atom is -0.494 e. The number of unbranched alkanes of at least 4 members (excludes halogenated alkanes) is 4. The molecule has 0 amide bonds. The summed E-state index contributed by atoms with van der Waals surface area (Å²) >= 11 is 20.0. The fourth-order valence-electron chi connectivity index (χ4n) is 4.89. The van der Waals surface area contributed by atoms with Crippen LogP contribution in [0.4, 0.5) is 0 Å². The topological polar surface area (TPSA) is 94.6 Å². The van der Waals surface area contributed by atoms with Crippen LogP contribution >= 0.6 is 46.1 Å². The second-order valence-electron chi connectivity index (χ2n) is 9.85. The van der Waals surface area contributed by atoms with Gasteiger partial charge in [0.2, 0.25) is 5.88 Å². The van der Waals surface area contributed by atoms with Crippen LogP contribution in [0.5, 0.6) is 17.2 Å². The van der Waals surface area contributed by atoms with E-state index in [2.05, 4.69) is 13.0 Å². The lowest BCUT2D eigenvalue weighted by atomic mass is 9.83. The number of nitrogens with zero attached hydrogens (tertiary/aromatic N) is 1. The molecule has 0 saturated carbocycles. The van der Waals surface area contributed by atoms with E-state index >= 15 is 0 Å². The van der Waals surface area contributed by atoms with Gasteiger partial charge in [0.1, 0.15) is 33.8 Å². The SMILES string of the molecule is CCCCCCCOc1ccc(C2C(C#N)=C(N)Oc3cc(OC(=O)c4sc5cc(Cl)cc(Cl)c5c4Cl)ccc32)cc1. The van der Waals surface area contributed by atoms with Crippen LogP contribution in [0, 0.1) is 11.3 Å². The molecule has 1 aliphatic heterocycles. The van der Waals surface area contributed by atoms with Crippen molar-refractivity contribution < 1.29 is 19.0 Å². The van der Waals surface area contributed by atoms with Crippen molar-refractivity contribution in [1.82, 2.24) is 0 Å². The summed E-state index contributed by atoms with van der Waals surface area (Å²) in [7, 11) is 0. The number of nitriles is 1. The lowest BCUT2D eigenvalue weighted by Gasteiger charge is -2.26. The van der Waals surface area contributed by atoms with E-state index in [-0.39, 0.29) is 21.5 Å². The summed E-state index contributed by atoms with van der Waals surface area (Å²) in [5, 5.41) is 11.4. The zero-order valence-corrected chi connectivity index (χ0v) is 25.8. The molecule has 1 aromatic heterocycles. The Balaban J connectivity index is 1.35. The van der Waals surface area contributed by atoms with Crippen LogP contribution in [0.3, 0.4) is 0 Å². The number of hydrogen-bond acceptors (Lipinski definition) is 7. The smallest absolute Gasteiger partial charge is 0.355 e. The molecule has 3 aromatic carbocycles. The average molecular weight is 642 g/mol. The van der Waals surface area contributed by atoms with Crippen molar-refractivity contribution in [2.24, 2.45) is 5.73 Å². The van der Waals surface area contributed by atoms with Gasteiger partial charge in [0, 0.05) is 26.7 Å². The van der Waals surface area contributed by atoms with Crippen molar-refractivity contribution >= 4 is 62.2 Å². The van der Waals surface area contributed by atoms with E-state index in [0.717, 1.165) is 35.5 Å². The summed E-state index contributed by atoms with van der Waals surface area (Å²) in [6, 6.07) is 18.1. The molecule has 6 nitrogen and oxygen atoms in total. The molecule has 42 heavy (non-hydrogen) atoms. The molecule has 1 aliphatic rings. The van der Waals surface area contributed by atoms with Gasteiger partial charge in [0.15, 0.2) is 0 Å². The molecule has 216 valence electrons. The van der Waals surface area contributed by atoms with Crippen molar-refractivity contribution in [2.75, 3.05) is 6.61 Å². The molecule has 4 aromatic rings. The standard InChI is InChI=1S/C32H27Cl3N2O4S/c1-2-3-4-5-6-13-39-20-9-7-18(8-10-20)27-22-12-11-21(16-25(22)41-31(37)23(27)17-36)40-32(38)30-29(35)28-24(34)14-19(33)15-26(28)42-30/h7-12,14-16,27H,2-6,13,37H2,1H3. The molecule has 0 fully saturated rings. The zero-order chi connectivity index (χ0) is 29.8. The van der Waals surface area contributed by atoms with Crippen molar-refractivity contribution in [3.05, 3.63) is 97.1 Å². The number of carbonyl (C=O) groups is 1. The summed E-state index contributed by atoms with van der Waals surface area (Å²) in [4.78, 5) is 13.3. The van der Waals surface area contributed by atoms with Gasteiger partial charge in [-0.05, 0) is 42.3 Å². The van der Waals surface area contributed by atoms with Crippen molar-refractivity contribution in [3.8, 4) is 23.3 Å². The van der Waals surface area contributed by atoms with Crippen LogP contribution in [-0.2, 0) is 0 Å². The fourth-order valence-corrected chi connectivity index (χ4v) is 7.14. The lowest BCUT2D eigenvalue weighted by molar-refractivity contribution is 0.0740. The summed E-state index contributed by atoms with van der Waals surface area (Å²) < 4.78 is 18.0. The number of halogens is 3. The normalized spacial score (nSPS) is 14.3. The highest BCUT2D eigenvalue weighted by Gasteiger charge is 2.31. The number of hydrogen-bond donors (Lipinski definition) is 1. The maximum absolute atomic E-state index is 13.1. The number of esters is 1. The van der Waals surface area contributed by atoms with Crippen LogP contribution in [0.25, 0.3) is 10.1 Å². The van der Waals surface area contributed by atoms with Crippen LogP contribution in [0.15, 0.2) is 66.1 Å². The second-order valence-corrected chi connectivity index (χ2v) is 12.1. The van der Waals surface area contributed by atoms with E-state index in [1.165, 1.54) is 19.3 Å². The first-order valence-corrected chi connectivity index (χ1v) is 15.5. The van der Waals surface area contributed by atoms with Crippen LogP contribution < -0.4 is 19.9 Å². The van der Waals surface area contributed by atoms with Crippen LogP contribution in [0.1, 0.15) is 65.7 Å². The molecule has 0 aliphatic carbocycles. The molecular formula is C32H27Cl3N2O4S. The van der Waals surface area contributed by atoms with Crippen LogP contribution in [-0.4, -0.2) is 12.6 Å². The number of thiophene rings is 1. The van der Waals surface area contributed by atoms with Gasteiger partial charge in [-0.1, -0.05) is 85.6 Å². The summed E-state index contributed by atoms with van der Waals surface area (Å²) in [6.45, 7) is 2.86. The second kappa shape index (κ2) is 13.3. The quantitative estimate of drug-likeness (QED) is 0.105. The molecule has 2 heterocycles. The monoisotopic (exact) mass is 640 g/mol. The molecule has 10 heteroatoms. The predicted octanol–water partition coefficient (Wildman–Crippen LogP) is 9.65. The van der Waals surface area contributed by atoms with E-state index in [9.17, 15) is 10.1 Å². The highest BCUT2D eigenvalue weighted by atomic mass is 35.5. The summed E-state index contributed by atoms with van der Waals surface area (Å²) in [5.74, 6) is 0.253. The van der Waals surface area contributed by atoms with Gasteiger partial charge in [0.05, 0.1) is 22.6 Å². The molecule has 0 spiro atoms. The molecule has 1 unspecified atom stereocenters. The summed E-state index contributed by atoms with van der Waals surface area (Å²) in [6.07, 6.45) is 5.83. The van der Waals surface area contributed by atoms with Gasteiger partial charge in [-0.2, -0.15) is 5.26 Å². The first-order valence-electron chi connectivity index (χ1n) is 13.5. The molecule has 0 radical (unpaired) electrons. The number of benzene rings is 3. The van der Waals surface area contributed by atoms with E-state index in [4.69, 9.17) is 54.7 Å². The van der Waals surface area contributed by atoms with E-state index < -0.39 is 11.9 Å². The largest absolute Gasteiger partial charge is 0.494 e. The molecule has 0 bridgehead atoms. The molecule has 2 N–H and O–H groups in total. The number of rotatable bonds is 10. The predicted molar refractivity (Wildman–Crippen MR) is 168 cm³/mol. The fraction of sp³-hybridized carbons (Fsp3) is 0.250.